The maximum absolute atomic E-state index is 13.9. The fraction of sp³-hybridized carbons (Fsp3) is 1.00. The first-order chi connectivity index (χ1) is 16.5. The number of rotatable bonds is 20. The van der Waals surface area contributed by atoms with Crippen LogP contribution in [0.2, 0.25) is 0 Å². The van der Waals surface area contributed by atoms with Gasteiger partial charge in [-0.3, -0.25) is 4.74 Å². The minimum atomic E-state index is -4.73. The molecule has 9 nitrogen and oxygen atoms in total. The average molecular weight is 530 g/mol. The zero-order valence-corrected chi connectivity index (χ0v) is 19.4. The molecule has 2 aliphatic rings. The zero-order chi connectivity index (χ0) is 25.8. The lowest BCUT2D eigenvalue weighted by Crippen LogP contribution is -2.43. The van der Waals surface area contributed by atoms with Crippen LogP contribution in [0, 0.1) is 0 Å². The van der Waals surface area contributed by atoms with E-state index in [-0.39, 0.29) is 32.5 Å². The van der Waals surface area contributed by atoms with Crippen molar-refractivity contribution in [3.8, 4) is 0 Å². The Morgan fingerprint density at radius 3 is 2.17 bits per heavy atom. The van der Waals surface area contributed by atoms with Gasteiger partial charge >= 0.3 is 18.3 Å². The summed E-state index contributed by atoms with van der Waals surface area (Å²) in [7, 11) is 1.30. The molecule has 208 valence electrons. The van der Waals surface area contributed by atoms with Crippen LogP contribution in [-0.4, -0.2) is 110 Å². The largest absolute Gasteiger partial charge is 0.383 e. The Morgan fingerprint density at radius 2 is 1.51 bits per heavy atom. The molecule has 0 amide bonds. The molecule has 0 aliphatic carbocycles. The number of halogens is 6. The van der Waals surface area contributed by atoms with Crippen molar-refractivity contribution in [2.75, 3.05) is 73.2 Å². The number of ether oxygens (including phenoxy) is 9. The quantitative estimate of drug-likeness (QED) is 0.134. The molecule has 2 fully saturated rings. The van der Waals surface area contributed by atoms with Gasteiger partial charge in [0.1, 0.15) is 32.0 Å². The summed E-state index contributed by atoms with van der Waals surface area (Å²) in [4.78, 5) is 0. The van der Waals surface area contributed by atoms with Crippen LogP contribution in [0.25, 0.3) is 0 Å². The molecule has 0 radical (unpaired) electrons. The Balaban J connectivity index is 1.73. The molecule has 0 aromatic rings. The van der Waals surface area contributed by atoms with E-state index in [4.69, 9.17) is 23.7 Å². The molecule has 0 N–H and O–H groups in total. The molecule has 2 saturated heterocycles. The normalized spacial score (nSPS) is 22.4. The summed E-state index contributed by atoms with van der Waals surface area (Å²) < 4.78 is 124. The smallest absolute Gasteiger partial charge is 0.382 e. The summed E-state index contributed by atoms with van der Waals surface area (Å²) in [5, 5.41) is 0. The molecular weight excluding hydrogens is 498 g/mol. The van der Waals surface area contributed by atoms with Crippen LogP contribution in [0.5, 0.6) is 0 Å². The molecular formula is C20H32F6O9. The van der Waals surface area contributed by atoms with Gasteiger partial charge in [0.05, 0.1) is 39.6 Å². The van der Waals surface area contributed by atoms with Crippen molar-refractivity contribution < 1.29 is 69.0 Å². The minimum absolute atomic E-state index is 0.0117. The van der Waals surface area contributed by atoms with Gasteiger partial charge in [-0.15, -0.1) is 0 Å². The van der Waals surface area contributed by atoms with Gasteiger partial charge in [0, 0.05) is 13.7 Å². The van der Waals surface area contributed by atoms with Crippen LogP contribution in [0.15, 0.2) is 0 Å². The summed E-state index contributed by atoms with van der Waals surface area (Å²) in [6.45, 7) is -4.50. The summed E-state index contributed by atoms with van der Waals surface area (Å²) in [6, 6.07) is 0. The van der Waals surface area contributed by atoms with E-state index in [0.29, 0.717) is 19.6 Å². The predicted octanol–water partition coefficient (Wildman–Crippen LogP) is 2.80. The Morgan fingerprint density at radius 1 is 0.829 bits per heavy atom. The first-order valence-electron chi connectivity index (χ1n) is 11.1. The molecule has 35 heavy (non-hydrogen) atoms. The maximum Gasteiger partial charge on any atom is 0.383 e. The second-order valence-electron chi connectivity index (χ2n) is 7.91. The van der Waals surface area contributed by atoms with Crippen molar-refractivity contribution in [2.45, 2.75) is 56.1 Å². The van der Waals surface area contributed by atoms with Gasteiger partial charge < -0.3 is 37.9 Å². The number of alkyl halides is 6. The van der Waals surface area contributed by atoms with Crippen LogP contribution >= 0.6 is 0 Å². The van der Waals surface area contributed by atoms with Crippen LogP contribution in [-0.2, 0) is 42.6 Å². The SMILES string of the molecule is COCCOCC(F)(F)OCC(F)(F)OC(F)(F)COCC(COCC1CO1)OC1CCCCO1. The van der Waals surface area contributed by atoms with Crippen molar-refractivity contribution in [2.24, 2.45) is 0 Å². The Hall–Kier alpha value is -0.780. The fourth-order valence-electron chi connectivity index (χ4n) is 2.81. The predicted molar refractivity (Wildman–Crippen MR) is 104 cm³/mol. The van der Waals surface area contributed by atoms with Gasteiger partial charge in [-0.1, -0.05) is 0 Å². The van der Waals surface area contributed by atoms with E-state index in [1.165, 1.54) is 7.11 Å². The van der Waals surface area contributed by atoms with Crippen LogP contribution in [0.3, 0.4) is 0 Å². The molecule has 0 bridgehead atoms. The first kappa shape index (κ1) is 30.4. The van der Waals surface area contributed by atoms with Crippen molar-refractivity contribution >= 4 is 0 Å². The number of methoxy groups -OCH3 is 1. The van der Waals surface area contributed by atoms with Crippen LogP contribution in [0.4, 0.5) is 26.3 Å². The molecule has 0 aromatic carbocycles. The van der Waals surface area contributed by atoms with E-state index in [1.807, 2.05) is 0 Å². The number of hydrogen-bond acceptors (Lipinski definition) is 9. The number of hydrogen-bond donors (Lipinski definition) is 0. The maximum atomic E-state index is 13.9. The van der Waals surface area contributed by atoms with Gasteiger partial charge in [0.15, 0.2) is 6.29 Å². The Kier molecular flexibility index (Phi) is 12.9. The van der Waals surface area contributed by atoms with E-state index in [2.05, 4.69) is 18.9 Å². The van der Waals surface area contributed by atoms with Crippen LogP contribution < -0.4 is 0 Å². The summed E-state index contributed by atoms with van der Waals surface area (Å²) >= 11 is 0. The lowest BCUT2D eigenvalue weighted by atomic mass is 10.2. The van der Waals surface area contributed by atoms with Gasteiger partial charge in [-0.05, 0) is 19.3 Å². The van der Waals surface area contributed by atoms with E-state index < -0.39 is 57.1 Å². The third kappa shape index (κ3) is 14.5. The monoisotopic (exact) mass is 530 g/mol. The van der Waals surface area contributed by atoms with Gasteiger partial charge in [-0.25, -0.2) is 0 Å². The summed E-state index contributed by atoms with van der Waals surface area (Å²) in [5.41, 5.74) is 0. The van der Waals surface area contributed by atoms with Gasteiger partial charge in [0.2, 0.25) is 0 Å². The molecule has 0 saturated carbocycles. The molecule has 0 aromatic heterocycles. The third-order valence-corrected chi connectivity index (χ3v) is 4.52. The second kappa shape index (κ2) is 14.8. The van der Waals surface area contributed by atoms with E-state index in [9.17, 15) is 26.3 Å². The Labute approximate surface area is 199 Å². The molecule has 3 unspecified atom stereocenters. The molecule has 3 atom stereocenters. The van der Waals surface area contributed by atoms with E-state index in [0.717, 1.165) is 12.8 Å². The standard InChI is InChI=1S/C20H32F6O9/c1-27-6-7-28-12-18(21,22)33-14-20(25,26)35-19(23,24)13-30-10-16(9-29-8-15-11-32-15)34-17-4-2-3-5-31-17/h15-17H,2-14H2,1H3. The molecule has 15 heteroatoms. The van der Waals surface area contributed by atoms with Crippen molar-refractivity contribution in [1.82, 2.24) is 0 Å². The molecule has 2 heterocycles. The highest BCUT2D eigenvalue weighted by Crippen LogP contribution is 2.30. The fourth-order valence-corrected chi connectivity index (χ4v) is 2.81. The van der Waals surface area contributed by atoms with Crippen molar-refractivity contribution in [3.05, 3.63) is 0 Å². The lowest BCUT2D eigenvalue weighted by Gasteiger charge is -2.28. The zero-order valence-electron chi connectivity index (χ0n) is 19.4. The molecule has 2 rings (SSSR count). The van der Waals surface area contributed by atoms with Gasteiger partial charge in [0.25, 0.3) is 0 Å². The Bertz CT molecular complexity index is 577. The van der Waals surface area contributed by atoms with E-state index >= 15 is 0 Å². The topological polar surface area (TPSA) is 86.4 Å². The van der Waals surface area contributed by atoms with Crippen molar-refractivity contribution in [3.63, 3.8) is 0 Å². The molecule has 0 spiro atoms. The number of epoxide rings is 1. The lowest BCUT2D eigenvalue weighted by molar-refractivity contribution is -0.410. The highest BCUT2D eigenvalue weighted by atomic mass is 19.3. The molecule has 2 aliphatic heterocycles. The first-order valence-corrected chi connectivity index (χ1v) is 11.1. The highest BCUT2D eigenvalue weighted by molar-refractivity contribution is 4.69. The van der Waals surface area contributed by atoms with Crippen molar-refractivity contribution in [1.29, 1.82) is 0 Å². The summed E-state index contributed by atoms with van der Waals surface area (Å²) in [5.74, 6) is 0. The van der Waals surface area contributed by atoms with E-state index in [1.54, 1.807) is 0 Å². The van der Waals surface area contributed by atoms with Crippen LogP contribution in [0.1, 0.15) is 19.3 Å². The second-order valence-corrected chi connectivity index (χ2v) is 7.91. The van der Waals surface area contributed by atoms with Gasteiger partial charge in [-0.2, -0.15) is 26.3 Å². The average Bonchev–Trinajstić information content (AvgIpc) is 3.60. The minimum Gasteiger partial charge on any atom is -0.382 e. The third-order valence-electron chi connectivity index (χ3n) is 4.52. The highest BCUT2D eigenvalue weighted by Gasteiger charge is 2.47. The summed E-state index contributed by atoms with van der Waals surface area (Å²) in [6.07, 6.45) is -12.5.